The molecule has 0 aromatic carbocycles. The van der Waals surface area contributed by atoms with Gasteiger partial charge in [0, 0.05) is 30.9 Å². The number of fused-ring (bicyclic) bond motifs is 3. The highest BCUT2D eigenvalue weighted by Gasteiger charge is 2.32. The van der Waals surface area contributed by atoms with Crippen molar-refractivity contribution >= 4 is 11.4 Å². The predicted octanol–water partition coefficient (Wildman–Crippen LogP) is 1.16. The highest BCUT2D eigenvalue weighted by atomic mass is 16.1. The van der Waals surface area contributed by atoms with Gasteiger partial charge in [0.25, 0.3) is 5.91 Å². The summed E-state index contributed by atoms with van der Waals surface area (Å²) in [7, 11) is 0. The molecule has 1 amide bonds. The summed E-state index contributed by atoms with van der Waals surface area (Å²) in [5.41, 5.74) is 1.66. The number of aromatic nitrogens is 2. The molecule has 2 aromatic rings. The number of hydrogen-bond donors (Lipinski definition) is 1. The monoisotopic (exact) mass is 270 g/mol. The maximum absolute atomic E-state index is 12.4. The molecule has 0 radical (unpaired) electrons. The molecule has 2 unspecified atom stereocenters. The Morgan fingerprint density at radius 2 is 2.35 bits per heavy atom. The van der Waals surface area contributed by atoms with E-state index in [-0.39, 0.29) is 5.91 Å². The summed E-state index contributed by atoms with van der Waals surface area (Å²) in [6, 6.07) is 4.03. The van der Waals surface area contributed by atoms with Gasteiger partial charge in [0.05, 0.1) is 18.0 Å². The fraction of sp³-hybridized carbons (Fsp3) is 0.467. The van der Waals surface area contributed by atoms with Crippen molar-refractivity contribution in [2.24, 2.45) is 5.92 Å². The van der Waals surface area contributed by atoms with Crippen molar-refractivity contribution in [1.29, 1.82) is 0 Å². The number of hydrogen-bond acceptors (Lipinski definition) is 3. The van der Waals surface area contributed by atoms with Gasteiger partial charge in [-0.2, -0.15) is 0 Å². The van der Waals surface area contributed by atoms with E-state index in [1.54, 1.807) is 12.5 Å². The van der Waals surface area contributed by atoms with E-state index in [1.807, 2.05) is 22.7 Å². The molecule has 2 fully saturated rings. The molecule has 0 saturated carbocycles. The molecule has 2 aliphatic heterocycles. The molecule has 104 valence electrons. The van der Waals surface area contributed by atoms with E-state index >= 15 is 0 Å². The van der Waals surface area contributed by atoms with Gasteiger partial charge in [0.15, 0.2) is 0 Å². The molecule has 2 aromatic heterocycles. The summed E-state index contributed by atoms with van der Waals surface area (Å²) in [4.78, 5) is 18.9. The van der Waals surface area contributed by atoms with Crippen molar-refractivity contribution < 1.29 is 4.79 Å². The molecule has 4 heterocycles. The number of amides is 1. The Balaban J connectivity index is 1.49. The van der Waals surface area contributed by atoms with E-state index in [4.69, 9.17) is 0 Å². The topological polar surface area (TPSA) is 49.6 Å². The summed E-state index contributed by atoms with van der Waals surface area (Å²) in [6.07, 6.45) is 7.79. The molecular formula is C15H18N4O. The summed E-state index contributed by atoms with van der Waals surface area (Å²) in [5, 5.41) is 3.18. The van der Waals surface area contributed by atoms with Crippen LogP contribution in [0.15, 0.2) is 30.9 Å². The molecule has 5 heteroatoms. The highest BCUT2D eigenvalue weighted by Crippen LogP contribution is 2.26. The number of piperidine rings is 1. The smallest absolute Gasteiger partial charge is 0.251 e. The normalized spacial score (nSPS) is 28.7. The zero-order valence-electron chi connectivity index (χ0n) is 11.3. The van der Waals surface area contributed by atoms with Crippen LogP contribution >= 0.6 is 0 Å². The fourth-order valence-electron chi connectivity index (χ4n) is 3.49. The third-order valence-electron chi connectivity index (χ3n) is 4.48. The standard InChI is InChI=1S/C15H18N4O/c20-15(12-2-4-19-10-16-7-14(19)6-12)17-13-5-11-1-3-18(8-11)9-13/h2,4,6-7,10-11,13H,1,3,5,8-9H2,(H,17,20)/t11?,13-/m1/s1. The van der Waals surface area contributed by atoms with Crippen LogP contribution in [-0.4, -0.2) is 45.9 Å². The maximum atomic E-state index is 12.4. The number of pyridine rings is 1. The average molecular weight is 270 g/mol. The van der Waals surface area contributed by atoms with Gasteiger partial charge in [0.2, 0.25) is 0 Å². The first-order valence-corrected chi connectivity index (χ1v) is 7.23. The minimum atomic E-state index is 0.0289. The Morgan fingerprint density at radius 1 is 1.40 bits per heavy atom. The fourth-order valence-corrected chi connectivity index (χ4v) is 3.49. The van der Waals surface area contributed by atoms with Gasteiger partial charge < -0.3 is 14.6 Å². The lowest BCUT2D eigenvalue weighted by atomic mass is 9.96. The molecule has 0 aliphatic carbocycles. The largest absolute Gasteiger partial charge is 0.348 e. The highest BCUT2D eigenvalue weighted by molar-refractivity contribution is 5.95. The van der Waals surface area contributed by atoms with Crippen LogP contribution < -0.4 is 5.32 Å². The first-order valence-electron chi connectivity index (χ1n) is 7.23. The summed E-state index contributed by atoms with van der Waals surface area (Å²) in [6.45, 7) is 3.41. The quantitative estimate of drug-likeness (QED) is 0.891. The van der Waals surface area contributed by atoms with Gasteiger partial charge in [-0.15, -0.1) is 0 Å². The van der Waals surface area contributed by atoms with E-state index in [0.29, 0.717) is 11.6 Å². The molecule has 4 rings (SSSR count). The Morgan fingerprint density at radius 3 is 3.25 bits per heavy atom. The van der Waals surface area contributed by atoms with Gasteiger partial charge in [-0.05, 0) is 37.4 Å². The third-order valence-corrected chi connectivity index (χ3v) is 4.48. The number of carbonyl (C=O) groups excluding carboxylic acids is 1. The lowest BCUT2D eigenvalue weighted by Gasteiger charge is -2.30. The summed E-state index contributed by atoms with van der Waals surface area (Å²) in [5.74, 6) is 0.799. The molecular weight excluding hydrogens is 252 g/mol. The van der Waals surface area contributed by atoms with Crippen LogP contribution in [0, 0.1) is 5.92 Å². The Hall–Kier alpha value is -1.88. The van der Waals surface area contributed by atoms with Crippen LogP contribution in [-0.2, 0) is 0 Å². The third kappa shape index (κ3) is 2.08. The molecule has 2 aliphatic rings. The number of nitrogens with one attached hydrogen (secondary N) is 1. The van der Waals surface area contributed by atoms with Gasteiger partial charge >= 0.3 is 0 Å². The minimum absolute atomic E-state index is 0.0289. The van der Waals surface area contributed by atoms with Crippen molar-refractivity contribution in [1.82, 2.24) is 19.6 Å². The van der Waals surface area contributed by atoms with Crippen molar-refractivity contribution in [3.05, 3.63) is 36.4 Å². The summed E-state index contributed by atoms with van der Waals surface area (Å²) >= 11 is 0. The lowest BCUT2D eigenvalue weighted by molar-refractivity contribution is 0.0909. The predicted molar refractivity (Wildman–Crippen MR) is 75.6 cm³/mol. The van der Waals surface area contributed by atoms with E-state index in [1.165, 1.54) is 19.5 Å². The second-order valence-electron chi connectivity index (χ2n) is 5.96. The Kier molecular flexibility index (Phi) is 2.73. The second-order valence-corrected chi connectivity index (χ2v) is 5.96. The van der Waals surface area contributed by atoms with Crippen LogP contribution in [0.2, 0.25) is 0 Å². The molecule has 5 nitrogen and oxygen atoms in total. The van der Waals surface area contributed by atoms with Gasteiger partial charge in [-0.3, -0.25) is 4.79 Å². The van der Waals surface area contributed by atoms with Crippen molar-refractivity contribution in [2.75, 3.05) is 19.6 Å². The van der Waals surface area contributed by atoms with Crippen molar-refractivity contribution in [3.8, 4) is 0 Å². The molecule has 20 heavy (non-hydrogen) atoms. The Bertz CT molecular complexity index is 638. The number of carbonyl (C=O) groups is 1. The Labute approximate surface area is 117 Å². The van der Waals surface area contributed by atoms with E-state index < -0.39 is 0 Å². The minimum Gasteiger partial charge on any atom is -0.348 e. The molecule has 1 N–H and O–H groups in total. The van der Waals surface area contributed by atoms with E-state index in [2.05, 4.69) is 15.2 Å². The van der Waals surface area contributed by atoms with Crippen LogP contribution in [0.3, 0.4) is 0 Å². The maximum Gasteiger partial charge on any atom is 0.251 e. The second kappa shape index (κ2) is 4.59. The van der Waals surface area contributed by atoms with Crippen LogP contribution in [0.4, 0.5) is 0 Å². The lowest BCUT2D eigenvalue weighted by Crippen LogP contribution is -2.47. The first kappa shape index (κ1) is 11.9. The molecule has 0 spiro atoms. The van der Waals surface area contributed by atoms with Crippen LogP contribution in [0.25, 0.3) is 5.52 Å². The SMILES string of the molecule is O=C(N[C@@H]1CC2CCN(C2)C1)c1ccn2cncc2c1. The van der Waals surface area contributed by atoms with E-state index in [9.17, 15) is 4.79 Å². The molecule has 2 bridgehead atoms. The number of rotatable bonds is 2. The number of imidazole rings is 1. The molecule has 3 atom stereocenters. The zero-order chi connectivity index (χ0) is 13.5. The van der Waals surface area contributed by atoms with E-state index in [0.717, 1.165) is 24.4 Å². The first-order chi connectivity index (χ1) is 9.78. The average Bonchev–Trinajstić information content (AvgIpc) is 3.04. The van der Waals surface area contributed by atoms with Gasteiger partial charge in [-0.1, -0.05) is 0 Å². The molecule has 2 saturated heterocycles. The van der Waals surface area contributed by atoms with Gasteiger partial charge in [0.1, 0.15) is 0 Å². The van der Waals surface area contributed by atoms with Crippen LogP contribution in [0.1, 0.15) is 23.2 Å². The van der Waals surface area contributed by atoms with Gasteiger partial charge in [-0.25, -0.2) is 4.98 Å². The number of nitrogens with zero attached hydrogens (tertiary/aromatic N) is 3. The summed E-state index contributed by atoms with van der Waals surface area (Å²) < 4.78 is 1.91. The zero-order valence-corrected chi connectivity index (χ0v) is 11.3. The van der Waals surface area contributed by atoms with Crippen LogP contribution in [0.5, 0.6) is 0 Å². The van der Waals surface area contributed by atoms with Crippen molar-refractivity contribution in [2.45, 2.75) is 18.9 Å². The van der Waals surface area contributed by atoms with Crippen molar-refractivity contribution in [3.63, 3.8) is 0 Å².